The standard InChI is InChI=1S/C15H19N3O2/c1-2-3-10-18-13(19)15(17-14(18)20)8-9-16-12-7-5-4-6-11(12)15/h4-7,16H,2-3,8-10H2,1H3,(H,17,20). The molecule has 2 N–H and O–H groups in total. The second-order valence-electron chi connectivity index (χ2n) is 5.37. The van der Waals surface area contributed by atoms with Crippen molar-refractivity contribution in [3.8, 4) is 0 Å². The van der Waals surface area contributed by atoms with Crippen LogP contribution in [0.1, 0.15) is 31.7 Å². The third-order valence-corrected chi connectivity index (χ3v) is 4.11. The molecule has 20 heavy (non-hydrogen) atoms. The van der Waals surface area contributed by atoms with Gasteiger partial charge in [-0.1, -0.05) is 31.5 Å². The molecule has 1 spiro atoms. The molecule has 0 aliphatic carbocycles. The van der Waals surface area contributed by atoms with Gasteiger partial charge < -0.3 is 10.6 Å². The number of carbonyl (C=O) groups excluding carboxylic acids is 2. The predicted molar refractivity (Wildman–Crippen MR) is 76.4 cm³/mol. The highest BCUT2D eigenvalue weighted by atomic mass is 16.2. The Labute approximate surface area is 118 Å². The zero-order valence-corrected chi connectivity index (χ0v) is 11.6. The van der Waals surface area contributed by atoms with Crippen LogP contribution >= 0.6 is 0 Å². The van der Waals surface area contributed by atoms with Crippen LogP contribution in [0.25, 0.3) is 0 Å². The normalized spacial score (nSPS) is 24.6. The molecular weight excluding hydrogens is 254 g/mol. The van der Waals surface area contributed by atoms with E-state index in [2.05, 4.69) is 10.6 Å². The summed E-state index contributed by atoms with van der Waals surface area (Å²) in [6, 6.07) is 7.44. The molecule has 1 aromatic carbocycles. The van der Waals surface area contributed by atoms with E-state index in [-0.39, 0.29) is 11.9 Å². The van der Waals surface area contributed by atoms with Crippen molar-refractivity contribution in [2.24, 2.45) is 0 Å². The Hall–Kier alpha value is -2.04. The number of amides is 3. The van der Waals surface area contributed by atoms with Gasteiger partial charge in [-0.05, 0) is 12.5 Å². The van der Waals surface area contributed by atoms with Gasteiger partial charge in [-0.15, -0.1) is 0 Å². The molecule has 1 unspecified atom stereocenters. The first-order valence-corrected chi connectivity index (χ1v) is 7.16. The minimum Gasteiger partial charge on any atom is -0.385 e. The summed E-state index contributed by atoms with van der Waals surface area (Å²) in [6.07, 6.45) is 2.40. The maximum absolute atomic E-state index is 12.8. The Morgan fingerprint density at radius 3 is 2.90 bits per heavy atom. The summed E-state index contributed by atoms with van der Waals surface area (Å²) in [5.74, 6) is -0.107. The average molecular weight is 273 g/mol. The number of hydrogen-bond donors (Lipinski definition) is 2. The van der Waals surface area contributed by atoms with E-state index >= 15 is 0 Å². The number of anilines is 1. The van der Waals surface area contributed by atoms with Gasteiger partial charge in [0.1, 0.15) is 0 Å². The summed E-state index contributed by atoms with van der Waals surface area (Å²) in [7, 11) is 0. The van der Waals surface area contributed by atoms with Crippen molar-refractivity contribution in [1.82, 2.24) is 10.2 Å². The van der Waals surface area contributed by atoms with E-state index < -0.39 is 5.54 Å². The summed E-state index contributed by atoms with van der Waals surface area (Å²) >= 11 is 0. The lowest BCUT2D eigenvalue weighted by atomic mass is 9.83. The van der Waals surface area contributed by atoms with Gasteiger partial charge in [0.25, 0.3) is 5.91 Å². The van der Waals surface area contributed by atoms with E-state index in [9.17, 15) is 9.59 Å². The van der Waals surface area contributed by atoms with E-state index in [0.29, 0.717) is 19.5 Å². The average Bonchev–Trinajstić information content (AvgIpc) is 2.69. The Bertz CT molecular complexity index is 558. The number of hydrogen-bond acceptors (Lipinski definition) is 3. The molecule has 1 aromatic rings. The quantitative estimate of drug-likeness (QED) is 0.829. The highest BCUT2D eigenvalue weighted by Crippen LogP contribution is 2.39. The molecule has 5 nitrogen and oxygen atoms in total. The Balaban J connectivity index is 1.98. The fourth-order valence-electron chi connectivity index (χ4n) is 3.03. The van der Waals surface area contributed by atoms with Crippen LogP contribution < -0.4 is 10.6 Å². The second-order valence-corrected chi connectivity index (χ2v) is 5.37. The SMILES string of the molecule is CCCCN1C(=O)NC2(CCNc3ccccc32)C1=O. The first kappa shape index (κ1) is 13.0. The van der Waals surface area contributed by atoms with Crippen LogP contribution in [0.5, 0.6) is 0 Å². The van der Waals surface area contributed by atoms with Gasteiger partial charge >= 0.3 is 6.03 Å². The molecule has 0 bridgehead atoms. The number of imide groups is 1. The molecule has 1 atom stereocenters. The van der Waals surface area contributed by atoms with Gasteiger partial charge in [-0.2, -0.15) is 0 Å². The predicted octanol–water partition coefficient (Wildman–Crippen LogP) is 2.05. The summed E-state index contributed by atoms with van der Waals surface area (Å²) in [4.78, 5) is 26.3. The Morgan fingerprint density at radius 2 is 2.10 bits per heavy atom. The Morgan fingerprint density at radius 1 is 1.30 bits per heavy atom. The molecule has 1 fully saturated rings. The third kappa shape index (κ3) is 1.77. The van der Waals surface area contributed by atoms with Crippen molar-refractivity contribution in [2.75, 3.05) is 18.4 Å². The van der Waals surface area contributed by atoms with Crippen molar-refractivity contribution in [2.45, 2.75) is 31.7 Å². The number of nitrogens with zero attached hydrogens (tertiary/aromatic N) is 1. The van der Waals surface area contributed by atoms with Crippen LogP contribution in [-0.2, 0) is 10.3 Å². The Kier molecular flexibility index (Phi) is 3.12. The van der Waals surface area contributed by atoms with Gasteiger partial charge in [0.15, 0.2) is 5.54 Å². The molecule has 1 saturated heterocycles. The summed E-state index contributed by atoms with van der Waals surface area (Å²) in [6.45, 7) is 3.23. The zero-order chi connectivity index (χ0) is 14.2. The number of rotatable bonds is 3. The number of benzene rings is 1. The van der Waals surface area contributed by atoms with Crippen molar-refractivity contribution in [3.63, 3.8) is 0 Å². The molecule has 2 aliphatic heterocycles. The smallest absolute Gasteiger partial charge is 0.325 e. The number of urea groups is 1. The lowest BCUT2D eigenvalue weighted by molar-refractivity contribution is -0.132. The topological polar surface area (TPSA) is 61.4 Å². The molecule has 2 aliphatic rings. The fraction of sp³-hybridized carbons (Fsp3) is 0.467. The number of unbranched alkanes of at least 4 members (excludes halogenated alkanes) is 1. The fourth-order valence-corrected chi connectivity index (χ4v) is 3.03. The molecule has 3 rings (SSSR count). The second kappa shape index (κ2) is 4.81. The van der Waals surface area contributed by atoms with Crippen LogP contribution in [-0.4, -0.2) is 29.9 Å². The molecule has 2 heterocycles. The van der Waals surface area contributed by atoms with Crippen LogP contribution in [0.2, 0.25) is 0 Å². The lowest BCUT2D eigenvalue weighted by Gasteiger charge is -2.33. The van der Waals surface area contributed by atoms with Crippen LogP contribution in [0.15, 0.2) is 24.3 Å². The van der Waals surface area contributed by atoms with Crippen LogP contribution in [0, 0.1) is 0 Å². The molecule has 0 radical (unpaired) electrons. The molecule has 5 heteroatoms. The first-order valence-electron chi connectivity index (χ1n) is 7.16. The zero-order valence-electron chi connectivity index (χ0n) is 11.6. The monoisotopic (exact) mass is 273 g/mol. The van der Waals surface area contributed by atoms with Crippen molar-refractivity contribution >= 4 is 17.6 Å². The van der Waals surface area contributed by atoms with E-state index in [1.165, 1.54) is 4.90 Å². The van der Waals surface area contributed by atoms with Crippen LogP contribution in [0.4, 0.5) is 10.5 Å². The molecule has 3 amide bonds. The van der Waals surface area contributed by atoms with Crippen molar-refractivity contribution in [3.05, 3.63) is 29.8 Å². The third-order valence-electron chi connectivity index (χ3n) is 4.11. The largest absolute Gasteiger partial charge is 0.385 e. The number of fused-ring (bicyclic) bond motifs is 2. The van der Waals surface area contributed by atoms with Crippen molar-refractivity contribution < 1.29 is 9.59 Å². The van der Waals surface area contributed by atoms with Gasteiger partial charge in [-0.25, -0.2) is 4.79 Å². The number of nitrogens with one attached hydrogen (secondary N) is 2. The summed E-state index contributed by atoms with van der Waals surface area (Å²) in [5.41, 5.74) is 0.945. The van der Waals surface area contributed by atoms with Gasteiger partial charge in [-0.3, -0.25) is 9.69 Å². The number of carbonyl (C=O) groups is 2. The lowest BCUT2D eigenvalue weighted by Crippen LogP contribution is -2.48. The summed E-state index contributed by atoms with van der Waals surface area (Å²) < 4.78 is 0. The van der Waals surface area contributed by atoms with Gasteiger partial charge in [0.05, 0.1) is 0 Å². The van der Waals surface area contributed by atoms with Crippen molar-refractivity contribution in [1.29, 1.82) is 0 Å². The molecule has 0 saturated carbocycles. The molecular formula is C15H19N3O2. The van der Waals surface area contributed by atoms with E-state index in [4.69, 9.17) is 0 Å². The summed E-state index contributed by atoms with van der Waals surface area (Å²) in [5, 5.41) is 6.22. The van der Waals surface area contributed by atoms with Gasteiger partial charge in [0.2, 0.25) is 0 Å². The molecule has 0 aromatic heterocycles. The van der Waals surface area contributed by atoms with Crippen LogP contribution in [0.3, 0.4) is 0 Å². The highest BCUT2D eigenvalue weighted by molar-refractivity contribution is 6.08. The van der Waals surface area contributed by atoms with E-state index in [0.717, 1.165) is 24.1 Å². The molecule has 106 valence electrons. The van der Waals surface area contributed by atoms with E-state index in [1.807, 2.05) is 31.2 Å². The maximum Gasteiger partial charge on any atom is 0.325 e. The maximum atomic E-state index is 12.8. The highest BCUT2D eigenvalue weighted by Gasteiger charge is 2.53. The number of para-hydroxylation sites is 1. The van der Waals surface area contributed by atoms with Gasteiger partial charge in [0, 0.05) is 30.8 Å². The van der Waals surface area contributed by atoms with E-state index in [1.54, 1.807) is 0 Å². The minimum absolute atomic E-state index is 0.107. The first-order chi connectivity index (χ1) is 9.69. The minimum atomic E-state index is -0.868.